The molecule has 0 radical (unpaired) electrons. The molecule has 2 N–H and O–H groups in total. The number of benzene rings is 1. The zero-order valence-electron chi connectivity index (χ0n) is 12.3. The minimum absolute atomic E-state index is 0.0241. The van der Waals surface area contributed by atoms with Gasteiger partial charge >= 0.3 is 5.97 Å². The Morgan fingerprint density at radius 2 is 1.86 bits per heavy atom. The Bertz CT molecular complexity index is 474. The third kappa shape index (κ3) is 6.85. The average molecular weight is 296 g/mol. The quantitative estimate of drug-likeness (QED) is 0.758. The highest BCUT2D eigenvalue weighted by Crippen LogP contribution is 2.03. The van der Waals surface area contributed by atoms with Gasteiger partial charge in [0.1, 0.15) is 5.82 Å². The van der Waals surface area contributed by atoms with Crippen LogP contribution in [-0.2, 0) is 16.0 Å². The minimum atomic E-state index is -0.956. The van der Waals surface area contributed by atoms with Gasteiger partial charge in [0.2, 0.25) is 5.91 Å². The Morgan fingerprint density at radius 1 is 1.24 bits per heavy atom. The first-order valence-electron chi connectivity index (χ1n) is 6.85. The highest BCUT2D eigenvalue weighted by molar-refractivity contribution is 5.79. The second kappa shape index (κ2) is 8.36. The van der Waals surface area contributed by atoms with Gasteiger partial charge in [-0.1, -0.05) is 12.1 Å². The maximum Gasteiger partial charge on any atom is 0.317 e. The zero-order chi connectivity index (χ0) is 15.8. The van der Waals surface area contributed by atoms with Crippen LogP contribution in [0.25, 0.3) is 0 Å². The molecule has 116 valence electrons. The number of carboxylic acids is 1. The molecule has 1 amide bonds. The summed E-state index contributed by atoms with van der Waals surface area (Å²) in [6.45, 7) is 4.00. The summed E-state index contributed by atoms with van der Waals surface area (Å²) in [6, 6.07) is 6.08. The number of nitrogens with one attached hydrogen (secondary N) is 1. The maximum atomic E-state index is 12.7. The average Bonchev–Trinajstić information content (AvgIpc) is 2.39. The molecule has 0 aliphatic heterocycles. The minimum Gasteiger partial charge on any atom is -0.480 e. The van der Waals surface area contributed by atoms with Crippen molar-refractivity contribution in [1.82, 2.24) is 10.2 Å². The fourth-order valence-electron chi connectivity index (χ4n) is 1.83. The topological polar surface area (TPSA) is 69.6 Å². The molecule has 21 heavy (non-hydrogen) atoms. The molecule has 0 atom stereocenters. The summed E-state index contributed by atoms with van der Waals surface area (Å²) >= 11 is 0. The second-order valence-electron chi connectivity index (χ2n) is 5.12. The van der Waals surface area contributed by atoms with Crippen molar-refractivity contribution in [3.63, 3.8) is 0 Å². The first-order valence-corrected chi connectivity index (χ1v) is 6.85. The van der Waals surface area contributed by atoms with Crippen molar-refractivity contribution < 1.29 is 19.1 Å². The fraction of sp³-hybridized carbons (Fsp3) is 0.467. The van der Waals surface area contributed by atoms with Crippen LogP contribution in [0, 0.1) is 5.82 Å². The van der Waals surface area contributed by atoms with Crippen molar-refractivity contribution >= 4 is 11.9 Å². The van der Waals surface area contributed by atoms with Gasteiger partial charge in [0.15, 0.2) is 0 Å². The van der Waals surface area contributed by atoms with Gasteiger partial charge < -0.3 is 10.4 Å². The van der Waals surface area contributed by atoms with Crippen molar-refractivity contribution in [1.29, 1.82) is 0 Å². The van der Waals surface area contributed by atoms with E-state index in [-0.39, 0.29) is 30.9 Å². The number of carbonyl (C=O) groups is 2. The number of rotatable bonds is 8. The van der Waals surface area contributed by atoms with Crippen LogP contribution in [0.5, 0.6) is 0 Å². The van der Waals surface area contributed by atoms with Gasteiger partial charge in [0.05, 0.1) is 13.1 Å². The molecule has 1 aromatic rings. The molecular weight excluding hydrogens is 275 g/mol. The lowest BCUT2D eigenvalue weighted by Gasteiger charge is -2.23. The van der Waals surface area contributed by atoms with E-state index in [1.54, 1.807) is 17.0 Å². The predicted molar refractivity (Wildman–Crippen MR) is 77.5 cm³/mol. The zero-order valence-corrected chi connectivity index (χ0v) is 12.3. The first kappa shape index (κ1) is 17.1. The molecule has 0 saturated heterocycles. The normalized spacial score (nSPS) is 10.9. The van der Waals surface area contributed by atoms with E-state index in [4.69, 9.17) is 5.11 Å². The molecule has 0 fully saturated rings. The van der Waals surface area contributed by atoms with E-state index in [2.05, 4.69) is 5.32 Å². The smallest absolute Gasteiger partial charge is 0.317 e. The molecule has 0 aromatic heterocycles. The molecule has 0 heterocycles. The van der Waals surface area contributed by atoms with Crippen molar-refractivity contribution in [3.05, 3.63) is 35.6 Å². The van der Waals surface area contributed by atoms with Crippen LogP contribution in [0.3, 0.4) is 0 Å². The van der Waals surface area contributed by atoms with Crippen LogP contribution in [0.15, 0.2) is 24.3 Å². The van der Waals surface area contributed by atoms with E-state index in [1.165, 1.54) is 12.1 Å². The third-order valence-corrected chi connectivity index (χ3v) is 3.06. The molecule has 0 aliphatic rings. The van der Waals surface area contributed by atoms with E-state index in [9.17, 15) is 14.0 Å². The van der Waals surface area contributed by atoms with E-state index >= 15 is 0 Å². The predicted octanol–water partition coefficient (Wildman–Crippen LogP) is 1.28. The number of aliphatic carboxylic acids is 1. The van der Waals surface area contributed by atoms with Crippen LogP contribution >= 0.6 is 0 Å². The van der Waals surface area contributed by atoms with Gasteiger partial charge in [-0.3, -0.25) is 14.5 Å². The Hall–Kier alpha value is -1.95. The lowest BCUT2D eigenvalue weighted by Crippen LogP contribution is -2.43. The molecule has 0 aliphatic carbocycles. The molecule has 1 aromatic carbocycles. The first-order chi connectivity index (χ1) is 9.88. The molecule has 5 nitrogen and oxygen atoms in total. The highest BCUT2D eigenvalue weighted by atomic mass is 19.1. The van der Waals surface area contributed by atoms with E-state index in [1.807, 2.05) is 13.8 Å². The van der Waals surface area contributed by atoms with Crippen LogP contribution in [-0.4, -0.2) is 47.6 Å². The number of hydrogen-bond donors (Lipinski definition) is 2. The second-order valence-corrected chi connectivity index (χ2v) is 5.12. The fourth-order valence-corrected chi connectivity index (χ4v) is 1.83. The highest BCUT2D eigenvalue weighted by Gasteiger charge is 2.16. The van der Waals surface area contributed by atoms with Crippen molar-refractivity contribution in [2.45, 2.75) is 26.3 Å². The molecule has 0 unspecified atom stereocenters. The summed E-state index contributed by atoms with van der Waals surface area (Å²) in [6.07, 6.45) is 0.604. The summed E-state index contributed by atoms with van der Waals surface area (Å²) in [4.78, 5) is 24.1. The van der Waals surface area contributed by atoms with Crippen molar-refractivity contribution in [2.75, 3.05) is 19.6 Å². The lowest BCUT2D eigenvalue weighted by molar-refractivity contribution is -0.139. The Labute approximate surface area is 123 Å². The van der Waals surface area contributed by atoms with Crippen LogP contribution < -0.4 is 5.32 Å². The summed E-state index contributed by atoms with van der Waals surface area (Å²) < 4.78 is 12.7. The Kier molecular flexibility index (Phi) is 6.81. The van der Waals surface area contributed by atoms with E-state index in [0.29, 0.717) is 13.0 Å². The molecular formula is C15H21FN2O3. The van der Waals surface area contributed by atoms with Crippen molar-refractivity contribution in [3.8, 4) is 0 Å². The lowest BCUT2D eigenvalue weighted by atomic mass is 10.1. The van der Waals surface area contributed by atoms with Gasteiger partial charge in [-0.15, -0.1) is 0 Å². The van der Waals surface area contributed by atoms with Gasteiger partial charge in [-0.25, -0.2) is 4.39 Å². The third-order valence-electron chi connectivity index (χ3n) is 3.06. The van der Waals surface area contributed by atoms with E-state index < -0.39 is 5.97 Å². The van der Waals surface area contributed by atoms with E-state index in [0.717, 1.165) is 5.56 Å². The molecule has 0 bridgehead atoms. The summed E-state index contributed by atoms with van der Waals surface area (Å²) in [5, 5.41) is 11.5. The summed E-state index contributed by atoms with van der Waals surface area (Å²) in [7, 11) is 0. The molecule has 1 rings (SSSR count). The number of nitrogens with zero attached hydrogens (tertiary/aromatic N) is 1. The SMILES string of the molecule is CC(C)N(CC(=O)O)CC(=O)NCCc1ccc(F)cc1. The molecule has 6 heteroatoms. The van der Waals surface area contributed by atoms with Gasteiger partial charge in [-0.05, 0) is 38.0 Å². The number of carboxylic acid groups (broad SMARTS) is 1. The largest absolute Gasteiger partial charge is 0.480 e. The molecule has 0 saturated carbocycles. The van der Waals surface area contributed by atoms with Crippen LogP contribution in [0.2, 0.25) is 0 Å². The maximum absolute atomic E-state index is 12.7. The molecule has 0 spiro atoms. The van der Waals surface area contributed by atoms with Crippen LogP contribution in [0.4, 0.5) is 4.39 Å². The Morgan fingerprint density at radius 3 is 2.38 bits per heavy atom. The van der Waals surface area contributed by atoms with Gasteiger partial charge in [0, 0.05) is 12.6 Å². The standard InChI is InChI=1S/C15H21FN2O3/c1-11(2)18(10-15(20)21)9-14(19)17-8-7-12-3-5-13(16)6-4-12/h3-6,11H,7-10H2,1-2H3,(H,17,19)(H,20,21). The number of carbonyl (C=O) groups excluding carboxylic acids is 1. The summed E-state index contributed by atoms with van der Waals surface area (Å²) in [5.74, 6) is -1.46. The van der Waals surface area contributed by atoms with Crippen molar-refractivity contribution in [2.24, 2.45) is 0 Å². The Balaban J connectivity index is 2.35. The van der Waals surface area contributed by atoms with Crippen LogP contribution in [0.1, 0.15) is 19.4 Å². The number of amides is 1. The summed E-state index contributed by atoms with van der Waals surface area (Å²) in [5.41, 5.74) is 0.933. The number of hydrogen-bond acceptors (Lipinski definition) is 3. The van der Waals surface area contributed by atoms with Gasteiger partial charge in [-0.2, -0.15) is 0 Å². The van der Waals surface area contributed by atoms with Gasteiger partial charge in [0.25, 0.3) is 0 Å². The monoisotopic (exact) mass is 296 g/mol. The number of halogens is 1.